The van der Waals surface area contributed by atoms with Crippen molar-refractivity contribution in [3.8, 4) is 0 Å². The van der Waals surface area contributed by atoms with Crippen molar-refractivity contribution in [3.63, 3.8) is 0 Å². The lowest BCUT2D eigenvalue weighted by molar-refractivity contribution is -0.121. The van der Waals surface area contributed by atoms with Crippen molar-refractivity contribution >= 4 is 17.5 Å². The summed E-state index contributed by atoms with van der Waals surface area (Å²) in [7, 11) is 1.90. The van der Waals surface area contributed by atoms with Gasteiger partial charge in [0.1, 0.15) is 5.41 Å². The molecule has 1 saturated heterocycles. The molecule has 7 heteroatoms. The van der Waals surface area contributed by atoms with Crippen LogP contribution in [0.4, 0.5) is 5.69 Å². The topological polar surface area (TPSA) is 80.1 Å². The van der Waals surface area contributed by atoms with E-state index in [1.807, 2.05) is 59.1 Å². The van der Waals surface area contributed by atoms with Gasteiger partial charge in [0, 0.05) is 43.3 Å². The number of para-hydroxylation sites is 1. The summed E-state index contributed by atoms with van der Waals surface area (Å²) in [5.74, 6) is 0.313. The fourth-order valence-corrected chi connectivity index (χ4v) is 5.40. The van der Waals surface area contributed by atoms with Crippen LogP contribution in [0, 0.1) is 0 Å². The third kappa shape index (κ3) is 2.59. The van der Waals surface area contributed by atoms with E-state index >= 15 is 0 Å². The van der Waals surface area contributed by atoms with E-state index in [9.17, 15) is 9.59 Å². The molecule has 2 atom stereocenters. The van der Waals surface area contributed by atoms with Crippen LogP contribution in [-0.2, 0) is 17.3 Å². The number of carbonyl (C=O) groups excluding carboxylic acids is 2. The highest BCUT2D eigenvalue weighted by molar-refractivity contribution is 6.08. The monoisotopic (exact) mass is 413 g/mol. The molecular formula is C24H23N5O2. The number of fused-ring (bicyclic) bond motifs is 2. The molecule has 0 bridgehead atoms. The number of anilines is 1. The number of carbonyl (C=O) groups is 2. The molecule has 2 aromatic heterocycles. The summed E-state index contributed by atoms with van der Waals surface area (Å²) in [5.41, 5.74) is 3.36. The van der Waals surface area contributed by atoms with Gasteiger partial charge in [-0.05, 0) is 48.6 Å². The van der Waals surface area contributed by atoms with Gasteiger partial charge in [-0.3, -0.25) is 19.3 Å². The van der Waals surface area contributed by atoms with Gasteiger partial charge in [0.2, 0.25) is 5.91 Å². The largest absolute Gasteiger partial charge is 0.329 e. The number of hydrogen-bond donors (Lipinski definition) is 1. The number of nitrogens with zero attached hydrogens (tertiary/aromatic N) is 4. The van der Waals surface area contributed by atoms with E-state index < -0.39 is 11.5 Å². The molecule has 1 aliphatic carbocycles. The molecule has 1 spiro atoms. The standard InChI is InChI=1S/C24H23N5O2/c1-28-20(15-8-9-15)13-19(27-28)22(30)29-12-10-24(21(29)16-5-4-11-25-14-16)17-6-2-3-7-18(17)26-23(24)31/h2-7,11,13-15,21H,8-10,12H2,1H3,(H,26,31). The lowest BCUT2D eigenvalue weighted by atomic mass is 9.73. The Morgan fingerprint density at radius 3 is 2.81 bits per heavy atom. The lowest BCUT2D eigenvalue weighted by Gasteiger charge is -2.33. The summed E-state index contributed by atoms with van der Waals surface area (Å²) in [6.45, 7) is 0.482. The normalized spacial score (nSPS) is 24.5. The molecular weight excluding hydrogens is 390 g/mol. The number of aryl methyl sites for hydroxylation is 1. The van der Waals surface area contributed by atoms with Crippen molar-refractivity contribution in [2.24, 2.45) is 7.05 Å². The number of hydrogen-bond acceptors (Lipinski definition) is 4. The smallest absolute Gasteiger partial charge is 0.274 e. The maximum Gasteiger partial charge on any atom is 0.274 e. The number of likely N-dealkylation sites (tertiary alicyclic amines) is 1. The minimum atomic E-state index is -0.830. The van der Waals surface area contributed by atoms with Crippen molar-refractivity contribution < 1.29 is 9.59 Å². The molecule has 31 heavy (non-hydrogen) atoms. The molecule has 1 saturated carbocycles. The minimum absolute atomic E-state index is 0.0578. The second-order valence-electron chi connectivity index (χ2n) is 8.76. The summed E-state index contributed by atoms with van der Waals surface area (Å²) in [6.07, 6.45) is 6.33. The summed E-state index contributed by atoms with van der Waals surface area (Å²) in [5, 5.41) is 7.58. The van der Waals surface area contributed by atoms with Gasteiger partial charge in [0.15, 0.2) is 5.69 Å². The average Bonchev–Trinajstić information content (AvgIpc) is 3.34. The highest BCUT2D eigenvalue weighted by Gasteiger charge is 2.59. The minimum Gasteiger partial charge on any atom is -0.329 e. The van der Waals surface area contributed by atoms with Crippen LogP contribution < -0.4 is 5.32 Å². The third-order valence-corrected chi connectivity index (χ3v) is 6.98. The van der Waals surface area contributed by atoms with Crippen molar-refractivity contribution in [2.75, 3.05) is 11.9 Å². The van der Waals surface area contributed by atoms with E-state index in [1.165, 1.54) is 0 Å². The van der Waals surface area contributed by atoms with Crippen LogP contribution in [-0.4, -0.2) is 38.0 Å². The van der Waals surface area contributed by atoms with Crippen LogP contribution in [0.25, 0.3) is 0 Å². The molecule has 2 aliphatic heterocycles. The molecule has 2 amide bonds. The van der Waals surface area contributed by atoms with E-state index in [1.54, 1.807) is 12.4 Å². The molecule has 6 rings (SSSR count). The van der Waals surface area contributed by atoms with Crippen molar-refractivity contribution in [1.29, 1.82) is 0 Å². The highest BCUT2D eigenvalue weighted by Crippen LogP contribution is 2.54. The van der Waals surface area contributed by atoms with E-state index in [4.69, 9.17) is 0 Å². The summed E-state index contributed by atoms with van der Waals surface area (Å²) >= 11 is 0. The average molecular weight is 413 g/mol. The van der Waals surface area contributed by atoms with Crippen molar-refractivity contribution in [2.45, 2.75) is 36.6 Å². The second-order valence-corrected chi connectivity index (χ2v) is 8.76. The first kappa shape index (κ1) is 18.3. The van der Waals surface area contributed by atoms with Gasteiger partial charge >= 0.3 is 0 Å². The number of aromatic nitrogens is 3. The molecule has 2 unspecified atom stereocenters. The van der Waals surface area contributed by atoms with Crippen molar-refractivity contribution in [1.82, 2.24) is 19.7 Å². The zero-order chi connectivity index (χ0) is 21.2. The first-order valence-electron chi connectivity index (χ1n) is 10.8. The molecule has 7 nitrogen and oxygen atoms in total. The van der Waals surface area contributed by atoms with E-state index in [2.05, 4.69) is 15.4 Å². The zero-order valence-electron chi connectivity index (χ0n) is 17.3. The summed E-state index contributed by atoms with van der Waals surface area (Å²) < 4.78 is 1.83. The van der Waals surface area contributed by atoms with Crippen LogP contribution >= 0.6 is 0 Å². The van der Waals surface area contributed by atoms with Gasteiger partial charge in [0.05, 0.1) is 6.04 Å². The van der Waals surface area contributed by atoms with Crippen LogP contribution in [0.5, 0.6) is 0 Å². The first-order valence-corrected chi connectivity index (χ1v) is 10.8. The molecule has 3 aromatic rings. The molecule has 1 aromatic carbocycles. The fourth-order valence-electron chi connectivity index (χ4n) is 5.40. The van der Waals surface area contributed by atoms with Gasteiger partial charge < -0.3 is 10.2 Å². The first-order chi connectivity index (χ1) is 15.1. The van der Waals surface area contributed by atoms with Gasteiger partial charge in [-0.1, -0.05) is 24.3 Å². The van der Waals surface area contributed by atoms with Crippen LogP contribution in [0.3, 0.4) is 0 Å². The maximum atomic E-state index is 13.7. The van der Waals surface area contributed by atoms with Gasteiger partial charge in [-0.25, -0.2) is 0 Å². The van der Waals surface area contributed by atoms with Crippen LogP contribution in [0.1, 0.15) is 58.5 Å². The summed E-state index contributed by atoms with van der Waals surface area (Å²) in [4.78, 5) is 33.2. The maximum absolute atomic E-state index is 13.7. The van der Waals surface area contributed by atoms with Gasteiger partial charge in [0.25, 0.3) is 5.91 Å². The second kappa shape index (κ2) is 6.51. The van der Waals surface area contributed by atoms with Crippen LogP contribution in [0.2, 0.25) is 0 Å². The van der Waals surface area contributed by atoms with Gasteiger partial charge in [-0.15, -0.1) is 0 Å². The number of rotatable bonds is 3. The highest BCUT2D eigenvalue weighted by atomic mass is 16.2. The Bertz CT molecular complexity index is 1200. The predicted molar refractivity (Wildman–Crippen MR) is 115 cm³/mol. The molecule has 4 heterocycles. The Morgan fingerprint density at radius 1 is 1.19 bits per heavy atom. The Hall–Kier alpha value is -3.48. The number of benzene rings is 1. The number of amides is 2. The molecule has 2 fully saturated rings. The Balaban J connectivity index is 1.47. The molecule has 3 aliphatic rings. The van der Waals surface area contributed by atoms with Gasteiger partial charge in [-0.2, -0.15) is 5.10 Å². The lowest BCUT2D eigenvalue weighted by Crippen LogP contribution is -2.42. The quantitative estimate of drug-likeness (QED) is 0.715. The Morgan fingerprint density at radius 2 is 2.03 bits per heavy atom. The van der Waals surface area contributed by atoms with Crippen LogP contribution in [0.15, 0.2) is 54.9 Å². The molecule has 0 radical (unpaired) electrons. The molecule has 1 N–H and O–H groups in total. The van der Waals surface area contributed by atoms with Crippen molar-refractivity contribution in [3.05, 3.63) is 77.4 Å². The molecule has 156 valence electrons. The number of nitrogens with one attached hydrogen (secondary N) is 1. The van der Waals surface area contributed by atoms with E-state index in [0.717, 1.165) is 35.3 Å². The number of pyridine rings is 1. The van der Waals surface area contributed by atoms with E-state index in [-0.39, 0.29) is 11.8 Å². The Labute approximate surface area is 180 Å². The fraction of sp³-hybridized carbons (Fsp3) is 0.333. The third-order valence-electron chi connectivity index (χ3n) is 6.98. The SMILES string of the molecule is Cn1nc(C(=O)N2CCC3(C(=O)Nc4ccccc43)C2c2cccnc2)cc1C1CC1. The summed E-state index contributed by atoms with van der Waals surface area (Å²) in [6, 6.07) is 13.1. The zero-order valence-corrected chi connectivity index (χ0v) is 17.3. The van der Waals surface area contributed by atoms with E-state index in [0.29, 0.717) is 24.6 Å². The predicted octanol–water partition coefficient (Wildman–Crippen LogP) is 3.17. The Kier molecular flexibility index (Phi) is 3.84.